The minimum atomic E-state index is -3.70. The first-order valence-electron chi connectivity index (χ1n) is 8.11. The third kappa shape index (κ3) is 5.42. The summed E-state index contributed by atoms with van der Waals surface area (Å²) in [5, 5.41) is 3.87. The zero-order chi connectivity index (χ0) is 19.1. The molecule has 0 fully saturated rings. The summed E-state index contributed by atoms with van der Waals surface area (Å²) < 4.78 is 31.2. The maximum absolute atomic E-state index is 12.2. The first kappa shape index (κ1) is 19.1. The number of ether oxygens (including phenoxy) is 1. The summed E-state index contributed by atoms with van der Waals surface area (Å²) in [6.07, 6.45) is 1.43. The van der Waals surface area contributed by atoms with Crippen LogP contribution in [0.25, 0.3) is 0 Å². The molecule has 27 heavy (non-hydrogen) atoms. The van der Waals surface area contributed by atoms with Gasteiger partial charge in [0.1, 0.15) is 12.4 Å². The summed E-state index contributed by atoms with van der Waals surface area (Å²) in [6.45, 7) is 0.389. The molecule has 0 bridgehead atoms. The molecule has 5 nitrogen and oxygen atoms in total. The van der Waals surface area contributed by atoms with E-state index >= 15 is 0 Å². The zero-order valence-electron chi connectivity index (χ0n) is 14.2. The van der Waals surface area contributed by atoms with Crippen LogP contribution in [0.2, 0.25) is 0 Å². The molecule has 0 spiro atoms. The minimum absolute atomic E-state index is 0.154. The third-order valence-corrected chi connectivity index (χ3v) is 5.36. The van der Waals surface area contributed by atoms with Crippen LogP contribution in [-0.2, 0) is 16.6 Å². The molecule has 0 amide bonds. The number of para-hydroxylation sites is 1. The van der Waals surface area contributed by atoms with Crippen molar-refractivity contribution in [3.05, 3.63) is 94.5 Å². The maximum atomic E-state index is 12.2. The average Bonchev–Trinajstić information content (AvgIpc) is 2.68. The highest BCUT2D eigenvalue weighted by atomic mass is 79.9. The van der Waals surface area contributed by atoms with E-state index in [0.717, 1.165) is 10.0 Å². The summed E-state index contributed by atoms with van der Waals surface area (Å²) in [5.41, 5.74) is 1.68. The van der Waals surface area contributed by atoms with Gasteiger partial charge in [-0.25, -0.2) is 4.83 Å². The van der Waals surface area contributed by atoms with Crippen LogP contribution in [0.4, 0.5) is 0 Å². The summed E-state index contributed by atoms with van der Waals surface area (Å²) in [4.78, 5) is 2.37. The largest absolute Gasteiger partial charge is 0.488 e. The van der Waals surface area contributed by atoms with Gasteiger partial charge in [-0.1, -0.05) is 58.4 Å². The van der Waals surface area contributed by atoms with E-state index < -0.39 is 10.0 Å². The van der Waals surface area contributed by atoms with Crippen LogP contribution in [0, 0.1) is 0 Å². The van der Waals surface area contributed by atoms with Crippen molar-refractivity contribution >= 4 is 32.2 Å². The first-order valence-corrected chi connectivity index (χ1v) is 10.4. The maximum Gasteiger partial charge on any atom is 0.276 e. The Balaban J connectivity index is 1.69. The van der Waals surface area contributed by atoms with E-state index in [2.05, 4.69) is 25.9 Å². The van der Waals surface area contributed by atoms with Gasteiger partial charge in [-0.3, -0.25) is 0 Å². The molecule has 138 valence electrons. The van der Waals surface area contributed by atoms with Gasteiger partial charge < -0.3 is 4.74 Å². The lowest BCUT2D eigenvalue weighted by Gasteiger charge is -2.09. The van der Waals surface area contributed by atoms with Gasteiger partial charge in [0.15, 0.2) is 0 Å². The predicted molar refractivity (Wildman–Crippen MR) is 109 cm³/mol. The van der Waals surface area contributed by atoms with E-state index in [9.17, 15) is 8.42 Å². The smallest absolute Gasteiger partial charge is 0.276 e. The van der Waals surface area contributed by atoms with Crippen LogP contribution < -0.4 is 9.57 Å². The molecule has 0 atom stereocenters. The molecule has 0 saturated carbocycles. The summed E-state index contributed by atoms with van der Waals surface area (Å²) >= 11 is 3.43. The Morgan fingerprint density at radius 1 is 0.963 bits per heavy atom. The topological polar surface area (TPSA) is 67.8 Å². The van der Waals surface area contributed by atoms with E-state index in [-0.39, 0.29) is 4.90 Å². The molecule has 0 aliphatic rings. The Morgan fingerprint density at radius 3 is 2.48 bits per heavy atom. The van der Waals surface area contributed by atoms with Gasteiger partial charge in [0.25, 0.3) is 10.0 Å². The predicted octanol–water partition coefficient (Wildman–Crippen LogP) is 4.34. The molecule has 0 heterocycles. The second-order valence-electron chi connectivity index (χ2n) is 5.62. The fraction of sp³-hybridized carbons (Fsp3) is 0.0500. The Labute approximate surface area is 166 Å². The number of rotatable bonds is 7. The van der Waals surface area contributed by atoms with E-state index in [1.807, 2.05) is 42.5 Å². The summed E-state index contributed by atoms with van der Waals surface area (Å²) in [7, 11) is -3.70. The van der Waals surface area contributed by atoms with Crippen LogP contribution >= 0.6 is 15.9 Å². The normalized spacial score (nSPS) is 11.4. The highest BCUT2D eigenvalue weighted by molar-refractivity contribution is 9.10. The van der Waals surface area contributed by atoms with Crippen molar-refractivity contribution in [1.29, 1.82) is 0 Å². The molecule has 3 aromatic carbocycles. The zero-order valence-corrected chi connectivity index (χ0v) is 16.7. The lowest BCUT2D eigenvalue weighted by Crippen LogP contribution is -2.18. The number of hydrazone groups is 1. The van der Waals surface area contributed by atoms with Gasteiger partial charge >= 0.3 is 0 Å². The molecule has 0 aliphatic carbocycles. The molecular formula is C20H17BrN2O3S. The van der Waals surface area contributed by atoms with Crippen molar-refractivity contribution in [2.45, 2.75) is 11.5 Å². The van der Waals surface area contributed by atoms with Gasteiger partial charge in [-0.15, -0.1) is 0 Å². The van der Waals surface area contributed by atoms with Gasteiger partial charge in [0.2, 0.25) is 0 Å². The monoisotopic (exact) mass is 444 g/mol. The fourth-order valence-electron chi connectivity index (χ4n) is 2.32. The highest BCUT2D eigenvalue weighted by Gasteiger charge is 2.11. The molecule has 0 aliphatic heterocycles. The fourth-order valence-corrected chi connectivity index (χ4v) is 3.58. The number of nitrogens with zero attached hydrogens (tertiary/aromatic N) is 1. The van der Waals surface area contributed by atoms with Crippen molar-refractivity contribution in [2.75, 3.05) is 0 Å². The number of sulfonamides is 1. The van der Waals surface area contributed by atoms with E-state index in [1.165, 1.54) is 18.3 Å². The molecule has 7 heteroatoms. The van der Waals surface area contributed by atoms with Crippen LogP contribution in [0.1, 0.15) is 11.1 Å². The molecule has 0 aromatic heterocycles. The summed E-state index contributed by atoms with van der Waals surface area (Å²) in [5.74, 6) is 0.611. The molecular weight excluding hydrogens is 428 g/mol. The SMILES string of the molecule is O=S(=O)(NN=Cc1ccccc1OCc1cccc(Br)c1)c1ccccc1. The Morgan fingerprint density at radius 2 is 1.70 bits per heavy atom. The molecule has 0 unspecified atom stereocenters. The quantitative estimate of drug-likeness (QED) is 0.435. The number of benzene rings is 3. The molecule has 1 N–H and O–H groups in total. The molecule has 0 saturated heterocycles. The van der Waals surface area contributed by atoms with Gasteiger partial charge in [0.05, 0.1) is 11.1 Å². The van der Waals surface area contributed by atoms with Crippen molar-refractivity contribution < 1.29 is 13.2 Å². The van der Waals surface area contributed by atoms with Crippen molar-refractivity contribution in [3.8, 4) is 5.75 Å². The second-order valence-corrected chi connectivity index (χ2v) is 8.20. The summed E-state index contributed by atoms with van der Waals surface area (Å²) in [6, 6.07) is 23.2. The highest BCUT2D eigenvalue weighted by Crippen LogP contribution is 2.19. The number of hydrogen-bond donors (Lipinski definition) is 1. The van der Waals surface area contributed by atoms with E-state index in [4.69, 9.17) is 4.74 Å². The lowest BCUT2D eigenvalue weighted by molar-refractivity contribution is 0.305. The number of nitrogens with one attached hydrogen (secondary N) is 1. The van der Waals surface area contributed by atoms with Gasteiger partial charge in [-0.2, -0.15) is 13.5 Å². The van der Waals surface area contributed by atoms with Gasteiger partial charge in [-0.05, 0) is 42.0 Å². The number of hydrogen-bond acceptors (Lipinski definition) is 4. The van der Waals surface area contributed by atoms with Crippen LogP contribution in [0.3, 0.4) is 0 Å². The molecule has 3 aromatic rings. The van der Waals surface area contributed by atoms with Crippen LogP contribution in [0.5, 0.6) is 5.75 Å². The van der Waals surface area contributed by atoms with Crippen LogP contribution in [-0.4, -0.2) is 14.6 Å². The minimum Gasteiger partial charge on any atom is -0.488 e. The van der Waals surface area contributed by atoms with Crippen molar-refractivity contribution in [1.82, 2.24) is 4.83 Å². The van der Waals surface area contributed by atoms with Crippen LogP contribution in [0.15, 0.2) is 93.3 Å². The van der Waals surface area contributed by atoms with Crippen molar-refractivity contribution in [3.63, 3.8) is 0 Å². The number of halogens is 1. The molecule has 0 radical (unpaired) electrons. The van der Waals surface area contributed by atoms with E-state index in [1.54, 1.807) is 24.3 Å². The lowest BCUT2D eigenvalue weighted by atomic mass is 10.2. The third-order valence-electron chi connectivity index (χ3n) is 3.63. The Bertz CT molecular complexity index is 1040. The second kappa shape index (κ2) is 8.83. The van der Waals surface area contributed by atoms with Crippen molar-refractivity contribution in [2.24, 2.45) is 5.10 Å². The standard InChI is InChI=1S/C20H17BrN2O3S/c21-18-9-6-7-16(13-18)15-26-20-12-5-4-8-17(20)14-22-23-27(24,25)19-10-2-1-3-11-19/h1-14,23H,15H2. The van der Waals surface area contributed by atoms with Gasteiger partial charge in [0, 0.05) is 10.0 Å². The average molecular weight is 445 g/mol. The van der Waals surface area contributed by atoms with E-state index in [0.29, 0.717) is 17.9 Å². The molecule has 3 rings (SSSR count). The Kier molecular flexibility index (Phi) is 6.26. The first-order chi connectivity index (χ1) is 13.0. The Hall–Kier alpha value is -2.64.